The van der Waals surface area contributed by atoms with Crippen LogP contribution >= 0.6 is 23.2 Å². The highest BCUT2D eigenvalue weighted by atomic mass is 35.5. The number of hydrogen-bond donors (Lipinski definition) is 23. The smallest absolute Gasteiger partial charge is 0.249 e. The molecule has 21 atom stereocenters. The summed E-state index contributed by atoms with van der Waals surface area (Å²) < 4.78 is 55.0. The summed E-state index contributed by atoms with van der Waals surface area (Å²) in [6, 6.07) is 0.965. The first-order valence-electron chi connectivity index (χ1n) is 40.8. The lowest BCUT2D eigenvalue weighted by Crippen LogP contribution is -2.64. The van der Waals surface area contributed by atoms with Crippen LogP contribution in [-0.4, -0.2) is 261 Å². The number of nitrogens with two attached hydrogens (primary N) is 4. The number of rotatable bonds is 28. The quantitative estimate of drug-likeness (QED) is 0.0193. The molecule has 0 spiro atoms. The number of amides is 11. The van der Waals surface area contributed by atoms with E-state index in [-0.39, 0.29) is 86.8 Å². The molecule has 6 unspecified atom stereocenters. The Hall–Kier alpha value is -11.0. The van der Waals surface area contributed by atoms with Crippen molar-refractivity contribution in [1.29, 1.82) is 0 Å². The molecular formula is C83H107Cl2N13O30. The van der Waals surface area contributed by atoms with Gasteiger partial charge in [-0.3, -0.25) is 52.7 Å². The number of primary amides is 3. The van der Waals surface area contributed by atoms with Crippen LogP contribution in [0.5, 0.6) is 46.0 Å². The van der Waals surface area contributed by atoms with Crippen LogP contribution in [0, 0.1) is 11.8 Å². The van der Waals surface area contributed by atoms with E-state index in [0.717, 1.165) is 60.7 Å². The van der Waals surface area contributed by atoms with Gasteiger partial charge in [-0.1, -0.05) is 55.2 Å². The van der Waals surface area contributed by atoms with Crippen molar-refractivity contribution < 1.29 is 146 Å². The van der Waals surface area contributed by atoms with Gasteiger partial charge in [0.15, 0.2) is 23.9 Å². The van der Waals surface area contributed by atoms with Crippen LogP contribution in [0.4, 0.5) is 0 Å². The summed E-state index contributed by atoms with van der Waals surface area (Å²) in [4.78, 5) is 155. The molecular weight excluding hydrogens is 1730 g/mol. The number of aliphatic hydroxyl groups excluding tert-OH is 7. The highest BCUT2D eigenvalue weighted by molar-refractivity contribution is 6.32. The number of phenols is 3. The van der Waals surface area contributed by atoms with Crippen LogP contribution in [-0.2, 0) is 81.2 Å². The number of nitrogens with one attached hydrogen (secondary N) is 9. The van der Waals surface area contributed by atoms with E-state index in [1.165, 1.54) is 46.2 Å². The first-order chi connectivity index (χ1) is 60.6. The molecule has 128 heavy (non-hydrogen) atoms. The molecule has 1 saturated carbocycles. The number of aliphatic hydroxyl groups is 7. The van der Waals surface area contributed by atoms with Crippen molar-refractivity contribution in [2.24, 2.45) is 34.8 Å². The largest absolute Gasteiger partial charge is 0.508 e. The molecule has 5 aromatic carbocycles. The van der Waals surface area contributed by atoms with Crippen molar-refractivity contribution in [3.8, 4) is 57.1 Å². The number of carbonyl (C=O) groups is 11. The summed E-state index contributed by atoms with van der Waals surface area (Å²) in [6.45, 7) is 4.47. The van der Waals surface area contributed by atoms with Crippen molar-refractivity contribution in [3.63, 3.8) is 0 Å². The number of fused-ring (bicyclic) bond motifs is 16. The summed E-state index contributed by atoms with van der Waals surface area (Å²) in [5.74, 6) is -18.3. The zero-order valence-electron chi connectivity index (χ0n) is 70.2. The first-order valence-corrected chi connectivity index (χ1v) is 41.6. The van der Waals surface area contributed by atoms with Gasteiger partial charge in [-0.25, -0.2) is 0 Å². The Kier molecular flexibility index (Phi) is 34.0. The first kappa shape index (κ1) is 99.2. The fraction of sp³-hybridized carbons (Fsp3) is 0.506. The average molecular weight is 1840 g/mol. The van der Waals surface area contributed by atoms with Crippen LogP contribution in [0.1, 0.15) is 137 Å². The van der Waals surface area contributed by atoms with Crippen molar-refractivity contribution >= 4 is 88.2 Å². The Labute approximate surface area is 742 Å². The predicted octanol–water partition coefficient (Wildman–Crippen LogP) is -1.84. The fourth-order valence-electron chi connectivity index (χ4n) is 15.4. The number of aromatic hydroxyl groups is 3. The Morgan fingerprint density at radius 3 is 1.96 bits per heavy atom. The van der Waals surface area contributed by atoms with Crippen LogP contribution in [0.2, 0.25) is 10.0 Å². The summed E-state index contributed by atoms with van der Waals surface area (Å²) in [5.41, 5.74) is 19.8. The number of phenolic OH excluding ortho intramolecular Hbond substituents is 3. The number of hydrogen-bond acceptors (Lipinski definition) is 32. The van der Waals surface area contributed by atoms with Gasteiger partial charge in [0.2, 0.25) is 77.0 Å². The van der Waals surface area contributed by atoms with E-state index >= 15 is 9.59 Å². The van der Waals surface area contributed by atoms with Gasteiger partial charge >= 0.3 is 0 Å². The summed E-state index contributed by atoms with van der Waals surface area (Å²) in [6.07, 6.45) is -21.3. The number of likely N-dealkylation sites (N-methyl/N-ethyl adjacent to an activating group) is 1. The zero-order valence-corrected chi connectivity index (χ0v) is 71.7. The van der Waals surface area contributed by atoms with Gasteiger partial charge in [0.25, 0.3) is 0 Å². The lowest BCUT2D eigenvalue weighted by molar-refractivity contribution is -0.333. The molecule has 698 valence electrons. The minimum atomic E-state index is -2.37. The Bertz CT molecular complexity index is 4900. The molecule has 45 heteroatoms. The minimum absolute atomic E-state index is 0.0293. The molecule has 12 rings (SSSR count). The second kappa shape index (κ2) is 43.9. The fourth-order valence-corrected chi connectivity index (χ4v) is 15.9. The number of halogens is 2. The molecule has 1 aliphatic carbocycles. The zero-order chi connectivity index (χ0) is 93.6. The number of ether oxygens (including phenoxy) is 9. The van der Waals surface area contributed by atoms with E-state index in [0.29, 0.717) is 6.42 Å². The van der Waals surface area contributed by atoms with Crippen LogP contribution in [0.15, 0.2) is 78.9 Å². The third kappa shape index (κ3) is 24.5. The van der Waals surface area contributed by atoms with Gasteiger partial charge in [0.1, 0.15) is 90.1 Å². The molecule has 43 nitrogen and oxygen atoms in total. The lowest BCUT2D eigenvalue weighted by Gasteiger charge is -2.47. The number of methoxy groups -OCH3 is 1. The van der Waals surface area contributed by atoms with E-state index in [2.05, 4.69) is 47.9 Å². The molecule has 6 aliphatic heterocycles. The summed E-state index contributed by atoms with van der Waals surface area (Å²) >= 11 is 14.2. The summed E-state index contributed by atoms with van der Waals surface area (Å²) in [7, 11) is 2.84. The maximum absolute atomic E-state index is 16.0. The minimum Gasteiger partial charge on any atom is -0.508 e. The van der Waals surface area contributed by atoms with E-state index in [1.54, 1.807) is 0 Å². The van der Waals surface area contributed by atoms with Gasteiger partial charge in [-0.05, 0) is 128 Å². The van der Waals surface area contributed by atoms with Gasteiger partial charge in [0, 0.05) is 55.6 Å². The molecule has 27 N–H and O–H groups in total. The number of carbonyl (C=O) groups excluding carboxylic acids is 11. The molecule has 2 saturated heterocycles. The van der Waals surface area contributed by atoms with Crippen molar-refractivity contribution in [3.05, 3.63) is 117 Å². The second-order valence-corrected chi connectivity index (χ2v) is 32.9. The van der Waals surface area contributed by atoms with E-state index < -0.39 is 291 Å². The van der Waals surface area contributed by atoms with Crippen LogP contribution in [0.25, 0.3) is 11.1 Å². The SMILES string of the molecule is CN[C@H](CC(C)C)C(=O)N[C@H]1C(=O)N[C@@H](CC(N)=O)C(=O)N[C@H]2C(=O)N[C@@H](C(N)=O)c3ccc(O)c(c3)-c3c(O)cc(O)cc3C(C(=O)NCOCCOCCNC(=O)CCC(=O)NC3CCC(OC)C(C(N)=O)C3O)NC(=O)C[C@H](O)c3ccc(c(Cl)c3)Oc3cc2cc(c3OC2O[C@@H](CO)[C@@H](O)[C@H](O)[C@@H]2O[C@@H]2C[C@](C)(N)[C@H](O)[C@@H](C)O2)Oc2ccc(cc2Cl)[C@H]1O. The Morgan fingerprint density at radius 2 is 1.34 bits per heavy atom. The predicted molar refractivity (Wildman–Crippen MR) is 446 cm³/mol. The van der Waals surface area contributed by atoms with Gasteiger partial charge in [0.05, 0.1) is 97.8 Å². The highest BCUT2D eigenvalue weighted by Gasteiger charge is 2.52. The molecule has 5 aromatic rings. The average Bonchev–Trinajstić information content (AvgIpc) is 0.771. The molecule has 7 aliphatic rings. The van der Waals surface area contributed by atoms with Crippen molar-refractivity contribution in [2.45, 2.75) is 201 Å². The molecule has 6 heterocycles. The third-order valence-electron chi connectivity index (χ3n) is 22.1. The lowest BCUT2D eigenvalue weighted by atomic mass is 9.80. The van der Waals surface area contributed by atoms with E-state index in [1.807, 2.05) is 13.8 Å². The molecule has 0 radical (unpaired) electrons. The molecule has 0 aromatic heterocycles. The van der Waals surface area contributed by atoms with Crippen LogP contribution < -0.4 is 85.0 Å². The van der Waals surface area contributed by atoms with E-state index in [4.69, 9.17) is 88.8 Å². The molecule has 11 amide bonds. The Morgan fingerprint density at radius 1 is 0.680 bits per heavy atom. The highest BCUT2D eigenvalue weighted by Crippen LogP contribution is 2.50. The Balaban J connectivity index is 1.04. The van der Waals surface area contributed by atoms with Gasteiger partial charge in [-0.2, -0.15) is 0 Å². The maximum Gasteiger partial charge on any atom is 0.249 e. The third-order valence-corrected chi connectivity index (χ3v) is 22.7. The van der Waals surface area contributed by atoms with E-state index in [9.17, 15) is 94.2 Å². The number of benzene rings is 5. The van der Waals surface area contributed by atoms with Gasteiger partial charge < -0.3 is 164 Å². The topological polar surface area (TPSA) is 685 Å². The van der Waals surface area contributed by atoms with Crippen LogP contribution in [0.3, 0.4) is 0 Å². The standard InChI is InChI=1S/C83H107Cl2N13O30/c1-34(2)21-46(90-5)77(115)98-67-68(108)38-9-13-52(44(85)24-38)125-55-26-39-25-54(72(55)128-82-73(71(111)70(110)56(32-99)126-82)127-61-31-83(4,89)74(112)35(3)123-61)124-51-12-8-36(23-43(51)84)49(102)30-60(107)95-66(79(117)92-33-122-20-19-121-18-17-91-58(105)15-16-59(106)93-45-10-14-53(120-6)63(69(45)109)75(87)113)42-27-40(100)28-50(103)62(42)41-22-37(7-11-48(41)101)64(76(88)114)96-80(118)65(39)97-78(116)47(29-57(86)104)94-81(67)119/h7-9,11-13,22-28,34-35,45-47,49,53,56,61,63-71,73-74,82,90,99-103,108-112H,10,14-21,29-33,89H2,1-6H3,(H2,86,104)(H2,87,113)(H2,88,114)(H,91,105)(H,92,117)(H,93,106)(H,94,119)(H,95,107)(H,96,118)(H,97,116)(H,98,115)/t35-,45?,46-,47+,49+,53?,56+,61-,63?,64-,65-,66?,67-,68-,69?,70-,71+,73+,74-,82?,83+/m1/s1. The molecule has 9 bridgehead atoms. The molecule has 3 fully saturated rings. The second-order valence-electron chi connectivity index (χ2n) is 32.1. The maximum atomic E-state index is 16.0. The normalized spacial score (nSPS) is 27.7. The summed E-state index contributed by atoms with van der Waals surface area (Å²) in [5, 5.41) is 138. The monoisotopic (exact) mass is 1840 g/mol. The van der Waals surface area contributed by atoms with Crippen molar-refractivity contribution in [1.82, 2.24) is 47.9 Å². The van der Waals surface area contributed by atoms with Crippen molar-refractivity contribution in [2.75, 3.05) is 53.9 Å². The van der Waals surface area contributed by atoms with Gasteiger partial charge in [-0.15, -0.1) is 0 Å².